The number of amides is 1. The molecular weight excluding hydrogens is 336 g/mol. The van der Waals surface area contributed by atoms with Crippen molar-refractivity contribution < 1.29 is 14.5 Å². The molecule has 26 heavy (non-hydrogen) atoms. The van der Waals surface area contributed by atoms with E-state index in [4.69, 9.17) is 10.5 Å². The van der Waals surface area contributed by atoms with Gasteiger partial charge in [-0.3, -0.25) is 19.6 Å². The van der Waals surface area contributed by atoms with Gasteiger partial charge in [-0.1, -0.05) is 26.8 Å². The molecule has 0 bridgehead atoms. The Labute approximate surface area is 152 Å². The number of rotatable bonds is 8. The Kier molecular flexibility index (Phi) is 5.97. The van der Waals surface area contributed by atoms with Gasteiger partial charge in [-0.15, -0.1) is 0 Å². The number of ether oxygens (including phenoxy) is 1. The molecule has 1 amide bonds. The molecule has 1 aromatic heterocycles. The number of hydrogen-bond acceptors (Lipinski definition) is 5. The molecule has 0 unspecified atom stereocenters. The zero-order valence-corrected chi connectivity index (χ0v) is 15.5. The second kappa shape index (κ2) is 7.99. The number of aryl methyl sites for hydroxylation is 1. The van der Waals surface area contributed by atoms with Crippen LogP contribution in [0.2, 0.25) is 0 Å². The summed E-state index contributed by atoms with van der Waals surface area (Å²) in [6, 6.07) is 5.91. The first-order chi connectivity index (χ1) is 12.3. The second-order valence-electron chi connectivity index (χ2n) is 6.36. The molecule has 1 heterocycles. The lowest BCUT2D eigenvalue weighted by atomic mass is 9.98. The van der Waals surface area contributed by atoms with E-state index in [2.05, 4.69) is 18.9 Å². The van der Waals surface area contributed by atoms with Crippen LogP contribution in [0.5, 0.6) is 5.75 Å². The van der Waals surface area contributed by atoms with Crippen LogP contribution in [0.25, 0.3) is 0 Å². The zero-order valence-electron chi connectivity index (χ0n) is 15.5. The molecule has 0 aliphatic carbocycles. The van der Waals surface area contributed by atoms with Gasteiger partial charge < -0.3 is 10.5 Å². The summed E-state index contributed by atoms with van der Waals surface area (Å²) in [6.45, 7) is 8.62. The molecule has 2 aromatic rings. The molecule has 0 spiro atoms. The maximum atomic E-state index is 11.4. The number of aromatic nitrogens is 2. The maximum absolute atomic E-state index is 11.4. The number of carbonyl (C=O) groups excluding carboxylic acids is 1. The van der Waals surface area contributed by atoms with Crippen molar-refractivity contribution in [2.75, 3.05) is 6.61 Å². The lowest BCUT2D eigenvalue weighted by Gasteiger charge is -2.13. The van der Waals surface area contributed by atoms with Crippen LogP contribution in [-0.2, 0) is 13.0 Å². The summed E-state index contributed by atoms with van der Waals surface area (Å²) in [5.41, 5.74) is 7.35. The normalized spacial score (nSPS) is 11.0. The first-order valence-corrected chi connectivity index (χ1v) is 8.53. The van der Waals surface area contributed by atoms with E-state index in [9.17, 15) is 14.9 Å². The average Bonchev–Trinajstić information content (AvgIpc) is 2.93. The fourth-order valence-corrected chi connectivity index (χ4v) is 3.02. The van der Waals surface area contributed by atoms with Crippen LogP contribution >= 0.6 is 0 Å². The van der Waals surface area contributed by atoms with Crippen LogP contribution in [-0.4, -0.2) is 27.2 Å². The van der Waals surface area contributed by atoms with E-state index in [0.29, 0.717) is 18.0 Å². The highest BCUT2D eigenvalue weighted by Crippen LogP contribution is 2.25. The predicted octanol–water partition coefficient (Wildman–Crippen LogP) is 2.96. The summed E-state index contributed by atoms with van der Waals surface area (Å²) in [7, 11) is 0. The molecular formula is C18H24N4O4. The van der Waals surface area contributed by atoms with Crippen LogP contribution in [0.4, 0.5) is 5.69 Å². The topological polar surface area (TPSA) is 113 Å². The number of nitro groups is 1. The second-order valence-corrected chi connectivity index (χ2v) is 6.36. The summed E-state index contributed by atoms with van der Waals surface area (Å²) in [6.07, 6.45) is 0.360. The van der Waals surface area contributed by atoms with Crippen LogP contribution < -0.4 is 10.5 Å². The molecule has 0 aliphatic rings. The van der Waals surface area contributed by atoms with Gasteiger partial charge >= 0.3 is 5.69 Å². The van der Waals surface area contributed by atoms with Crippen molar-refractivity contribution in [3.63, 3.8) is 0 Å². The fraction of sp³-hybridized carbons (Fsp3) is 0.444. The zero-order chi connectivity index (χ0) is 19.4. The number of nitrogens with zero attached hydrogens (tertiary/aromatic N) is 3. The van der Waals surface area contributed by atoms with Crippen molar-refractivity contribution >= 4 is 11.6 Å². The monoisotopic (exact) mass is 360 g/mol. The third kappa shape index (κ3) is 4.01. The van der Waals surface area contributed by atoms with Gasteiger partial charge in [0.25, 0.3) is 5.91 Å². The smallest absolute Gasteiger partial charge is 0.323 e. The van der Waals surface area contributed by atoms with E-state index in [1.54, 1.807) is 6.92 Å². The molecule has 0 atom stereocenters. The SMILES string of the molecule is CCc1c([N+](=O)[O-])c(C(N)=O)nn1CCOc1ccc(C(C)C)c(C)c1. The quantitative estimate of drug-likeness (QED) is 0.574. The molecule has 0 aliphatic heterocycles. The Bertz CT molecular complexity index is 827. The third-order valence-corrected chi connectivity index (χ3v) is 4.22. The molecule has 2 N–H and O–H groups in total. The fourth-order valence-electron chi connectivity index (χ4n) is 3.02. The number of nitrogens with two attached hydrogens (primary N) is 1. The van der Waals surface area contributed by atoms with Crippen molar-refractivity contribution in [1.29, 1.82) is 0 Å². The van der Waals surface area contributed by atoms with Gasteiger partial charge in [0.1, 0.15) is 18.1 Å². The van der Waals surface area contributed by atoms with E-state index >= 15 is 0 Å². The Morgan fingerprint density at radius 2 is 2.12 bits per heavy atom. The Morgan fingerprint density at radius 1 is 1.42 bits per heavy atom. The number of hydrogen-bond donors (Lipinski definition) is 1. The summed E-state index contributed by atoms with van der Waals surface area (Å²) in [4.78, 5) is 22.1. The number of benzene rings is 1. The number of primary amides is 1. The largest absolute Gasteiger partial charge is 0.492 e. The highest BCUT2D eigenvalue weighted by Gasteiger charge is 2.29. The van der Waals surface area contributed by atoms with Gasteiger partial charge in [0, 0.05) is 0 Å². The third-order valence-electron chi connectivity index (χ3n) is 4.22. The molecule has 0 radical (unpaired) electrons. The van der Waals surface area contributed by atoms with E-state index in [0.717, 1.165) is 11.3 Å². The van der Waals surface area contributed by atoms with E-state index in [-0.39, 0.29) is 24.5 Å². The Hall–Kier alpha value is -2.90. The van der Waals surface area contributed by atoms with Crippen molar-refractivity contribution in [3.05, 3.63) is 50.8 Å². The lowest BCUT2D eigenvalue weighted by molar-refractivity contribution is -0.385. The predicted molar refractivity (Wildman–Crippen MR) is 97.5 cm³/mol. The summed E-state index contributed by atoms with van der Waals surface area (Å²) in [5, 5.41) is 15.3. The van der Waals surface area contributed by atoms with Gasteiger partial charge in [0.15, 0.2) is 0 Å². The van der Waals surface area contributed by atoms with E-state index in [1.807, 2.05) is 25.1 Å². The molecule has 2 rings (SSSR count). The Morgan fingerprint density at radius 3 is 2.62 bits per heavy atom. The first kappa shape index (κ1) is 19.4. The first-order valence-electron chi connectivity index (χ1n) is 8.53. The van der Waals surface area contributed by atoms with Crippen LogP contribution in [0.15, 0.2) is 18.2 Å². The van der Waals surface area contributed by atoms with Crippen LogP contribution in [0.1, 0.15) is 54.0 Å². The molecule has 0 saturated heterocycles. The molecule has 0 fully saturated rings. The molecule has 140 valence electrons. The summed E-state index contributed by atoms with van der Waals surface area (Å²) < 4.78 is 7.17. The minimum Gasteiger partial charge on any atom is -0.492 e. The average molecular weight is 360 g/mol. The van der Waals surface area contributed by atoms with Crippen LogP contribution in [0, 0.1) is 17.0 Å². The lowest BCUT2D eigenvalue weighted by Crippen LogP contribution is -2.15. The van der Waals surface area contributed by atoms with Gasteiger partial charge in [0.2, 0.25) is 5.69 Å². The minimum absolute atomic E-state index is 0.268. The molecule has 8 nitrogen and oxygen atoms in total. The molecule has 8 heteroatoms. The maximum Gasteiger partial charge on any atom is 0.323 e. The van der Waals surface area contributed by atoms with Gasteiger partial charge in [-0.2, -0.15) is 5.10 Å². The highest BCUT2D eigenvalue weighted by molar-refractivity contribution is 5.95. The number of carbonyl (C=O) groups is 1. The van der Waals surface area contributed by atoms with Gasteiger partial charge in [-0.25, -0.2) is 0 Å². The molecule has 1 aromatic carbocycles. The van der Waals surface area contributed by atoms with E-state index < -0.39 is 10.8 Å². The van der Waals surface area contributed by atoms with Gasteiger partial charge in [-0.05, 0) is 42.5 Å². The van der Waals surface area contributed by atoms with Crippen molar-refractivity contribution in [3.8, 4) is 5.75 Å². The van der Waals surface area contributed by atoms with Crippen LogP contribution in [0.3, 0.4) is 0 Å². The van der Waals surface area contributed by atoms with Crippen molar-refractivity contribution in [1.82, 2.24) is 9.78 Å². The van der Waals surface area contributed by atoms with Gasteiger partial charge in [0.05, 0.1) is 11.5 Å². The summed E-state index contributed by atoms with van der Waals surface area (Å²) in [5.74, 6) is 0.251. The Balaban J connectivity index is 2.15. The minimum atomic E-state index is -0.911. The molecule has 0 saturated carbocycles. The van der Waals surface area contributed by atoms with E-state index in [1.165, 1.54) is 10.2 Å². The summed E-state index contributed by atoms with van der Waals surface area (Å²) >= 11 is 0. The van der Waals surface area contributed by atoms with Crippen molar-refractivity contribution in [2.24, 2.45) is 5.73 Å². The van der Waals surface area contributed by atoms with Crippen molar-refractivity contribution in [2.45, 2.75) is 46.6 Å². The highest BCUT2D eigenvalue weighted by atomic mass is 16.6. The standard InChI is InChI=1S/C18H24N4O4/c1-5-15-17(22(24)25)16(18(19)23)20-21(15)8-9-26-13-6-7-14(11(2)3)12(4)10-13/h6-7,10-11H,5,8-9H2,1-4H3,(H2,19,23).